The van der Waals surface area contributed by atoms with Crippen LogP contribution in [0.3, 0.4) is 0 Å². The first kappa shape index (κ1) is 15.4. The molecule has 0 bridgehead atoms. The van der Waals surface area contributed by atoms with Gasteiger partial charge in [-0.15, -0.1) is 0 Å². The van der Waals surface area contributed by atoms with Crippen LogP contribution >= 0.6 is 11.6 Å². The highest BCUT2D eigenvalue weighted by Crippen LogP contribution is 2.24. The maximum absolute atomic E-state index is 6.34. The third kappa shape index (κ3) is 2.88. The van der Waals surface area contributed by atoms with E-state index in [0.717, 1.165) is 48.3 Å². The number of aromatic nitrogens is 4. The number of hydrogen-bond donors (Lipinski definition) is 0. The molecule has 0 radical (unpaired) electrons. The summed E-state index contributed by atoms with van der Waals surface area (Å²) in [6, 6.07) is 0. The molecule has 118 valence electrons. The van der Waals surface area contributed by atoms with E-state index in [2.05, 4.69) is 28.8 Å². The molecule has 22 heavy (non-hydrogen) atoms. The number of halogens is 1. The lowest BCUT2D eigenvalue weighted by molar-refractivity contribution is 0.242. The van der Waals surface area contributed by atoms with Crippen molar-refractivity contribution in [3.63, 3.8) is 0 Å². The molecule has 0 saturated carbocycles. The predicted molar refractivity (Wildman–Crippen MR) is 86.9 cm³/mol. The molecule has 0 atom stereocenters. The van der Waals surface area contributed by atoms with E-state index in [4.69, 9.17) is 16.6 Å². The van der Waals surface area contributed by atoms with Gasteiger partial charge >= 0.3 is 0 Å². The van der Waals surface area contributed by atoms with Gasteiger partial charge in [0.2, 0.25) is 0 Å². The topological polar surface area (TPSA) is 46.8 Å². The Bertz CT molecular complexity index is 692. The molecule has 0 N–H and O–H groups in total. The van der Waals surface area contributed by atoms with Crippen molar-refractivity contribution in [2.75, 3.05) is 6.54 Å². The number of aryl methyl sites for hydroxylation is 2. The molecule has 6 heteroatoms. The zero-order valence-electron chi connectivity index (χ0n) is 13.6. The van der Waals surface area contributed by atoms with Crippen LogP contribution < -0.4 is 0 Å². The minimum atomic E-state index is 0.375. The quantitative estimate of drug-likeness (QED) is 0.872. The molecule has 5 nitrogen and oxygen atoms in total. The molecular weight excluding hydrogens is 298 g/mol. The van der Waals surface area contributed by atoms with Gasteiger partial charge in [0.05, 0.1) is 5.69 Å². The second kappa shape index (κ2) is 5.97. The van der Waals surface area contributed by atoms with Gasteiger partial charge < -0.3 is 0 Å². The van der Waals surface area contributed by atoms with E-state index < -0.39 is 0 Å². The van der Waals surface area contributed by atoms with Gasteiger partial charge in [0.15, 0.2) is 0 Å². The molecule has 0 spiro atoms. The van der Waals surface area contributed by atoms with Crippen LogP contribution in [0.15, 0.2) is 6.20 Å². The summed E-state index contributed by atoms with van der Waals surface area (Å²) in [5, 5.41) is 5.12. The van der Waals surface area contributed by atoms with Gasteiger partial charge in [0, 0.05) is 62.0 Å². The standard InChI is InChI=1S/C16H22ClN5/c1-10(2)16-18-7-12-8-22(6-5-14(12)19-16)9-13-11(3)20-21(4)15(13)17/h7,10H,5-6,8-9H2,1-4H3. The average Bonchev–Trinajstić information content (AvgIpc) is 2.73. The maximum atomic E-state index is 6.34. The van der Waals surface area contributed by atoms with Gasteiger partial charge in [0.1, 0.15) is 11.0 Å². The van der Waals surface area contributed by atoms with Crippen LogP contribution in [0.1, 0.15) is 48.1 Å². The van der Waals surface area contributed by atoms with Crippen molar-refractivity contribution in [2.24, 2.45) is 7.05 Å². The van der Waals surface area contributed by atoms with Crippen molar-refractivity contribution in [2.45, 2.75) is 46.2 Å². The predicted octanol–water partition coefficient (Wildman–Crippen LogP) is 2.85. The lowest BCUT2D eigenvalue weighted by Crippen LogP contribution is -2.31. The van der Waals surface area contributed by atoms with Crippen LogP contribution in [-0.4, -0.2) is 31.2 Å². The fourth-order valence-electron chi connectivity index (χ4n) is 2.88. The summed E-state index contributed by atoms with van der Waals surface area (Å²) >= 11 is 6.34. The zero-order valence-corrected chi connectivity index (χ0v) is 14.4. The summed E-state index contributed by atoms with van der Waals surface area (Å²) < 4.78 is 1.74. The second-order valence-electron chi connectivity index (χ2n) is 6.29. The van der Waals surface area contributed by atoms with E-state index in [0.29, 0.717) is 5.92 Å². The zero-order chi connectivity index (χ0) is 15.9. The third-order valence-corrected chi connectivity index (χ3v) is 4.67. The van der Waals surface area contributed by atoms with E-state index in [-0.39, 0.29) is 0 Å². The Morgan fingerprint density at radius 1 is 1.36 bits per heavy atom. The summed E-state index contributed by atoms with van der Waals surface area (Å²) in [5.74, 6) is 1.32. The lowest BCUT2D eigenvalue weighted by atomic mass is 10.1. The molecule has 0 fully saturated rings. The molecule has 3 rings (SSSR count). The molecule has 2 aromatic rings. The Morgan fingerprint density at radius 2 is 2.14 bits per heavy atom. The summed E-state index contributed by atoms with van der Waals surface area (Å²) in [6.45, 7) is 8.96. The van der Waals surface area contributed by atoms with Crippen LogP contribution in [0, 0.1) is 6.92 Å². The number of nitrogens with zero attached hydrogens (tertiary/aromatic N) is 5. The van der Waals surface area contributed by atoms with E-state index >= 15 is 0 Å². The monoisotopic (exact) mass is 319 g/mol. The Labute approximate surface area is 136 Å². The smallest absolute Gasteiger partial charge is 0.131 e. The van der Waals surface area contributed by atoms with Crippen molar-refractivity contribution < 1.29 is 0 Å². The summed E-state index contributed by atoms with van der Waals surface area (Å²) in [7, 11) is 1.88. The van der Waals surface area contributed by atoms with Crippen molar-refractivity contribution >= 4 is 11.6 Å². The Morgan fingerprint density at radius 3 is 2.77 bits per heavy atom. The third-order valence-electron chi connectivity index (χ3n) is 4.20. The van der Waals surface area contributed by atoms with E-state index in [1.165, 1.54) is 11.3 Å². The highest BCUT2D eigenvalue weighted by Gasteiger charge is 2.21. The van der Waals surface area contributed by atoms with Crippen molar-refractivity contribution in [3.05, 3.63) is 39.7 Å². The number of fused-ring (bicyclic) bond motifs is 1. The molecule has 0 aromatic carbocycles. The van der Waals surface area contributed by atoms with Crippen LogP contribution in [0.25, 0.3) is 0 Å². The number of hydrogen-bond acceptors (Lipinski definition) is 4. The average molecular weight is 320 g/mol. The SMILES string of the molecule is Cc1nn(C)c(Cl)c1CN1CCc2nc(C(C)C)ncc2C1. The second-order valence-corrected chi connectivity index (χ2v) is 6.65. The summed E-state index contributed by atoms with van der Waals surface area (Å²) in [5.41, 5.74) is 4.55. The fraction of sp³-hybridized carbons (Fsp3) is 0.562. The first-order valence-electron chi connectivity index (χ1n) is 7.70. The van der Waals surface area contributed by atoms with Gasteiger partial charge in [-0.3, -0.25) is 9.58 Å². The van der Waals surface area contributed by atoms with E-state index in [1.54, 1.807) is 4.68 Å². The van der Waals surface area contributed by atoms with E-state index in [9.17, 15) is 0 Å². The summed E-state index contributed by atoms with van der Waals surface area (Å²) in [6.07, 6.45) is 2.95. The molecule has 0 unspecified atom stereocenters. The van der Waals surface area contributed by atoms with E-state index in [1.807, 2.05) is 20.2 Å². The molecule has 2 aromatic heterocycles. The molecule has 0 amide bonds. The highest BCUT2D eigenvalue weighted by molar-refractivity contribution is 6.30. The minimum Gasteiger partial charge on any atom is -0.294 e. The van der Waals surface area contributed by atoms with Gasteiger partial charge in [-0.1, -0.05) is 25.4 Å². The minimum absolute atomic E-state index is 0.375. The van der Waals surface area contributed by atoms with Gasteiger partial charge in [0.25, 0.3) is 0 Å². The molecule has 3 heterocycles. The maximum Gasteiger partial charge on any atom is 0.131 e. The fourth-order valence-corrected chi connectivity index (χ4v) is 3.11. The lowest BCUT2D eigenvalue weighted by Gasteiger charge is -2.28. The molecule has 1 aliphatic heterocycles. The highest BCUT2D eigenvalue weighted by atomic mass is 35.5. The largest absolute Gasteiger partial charge is 0.294 e. The first-order chi connectivity index (χ1) is 10.5. The Kier molecular flexibility index (Phi) is 4.19. The van der Waals surface area contributed by atoms with Gasteiger partial charge in [-0.25, -0.2) is 9.97 Å². The van der Waals surface area contributed by atoms with Crippen LogP contribution in [0.4, 0.5) is 0 Å². The van der Waals surface area contributed by atoms with Crippen LogP contribution in [-0.2, 0) is 26.6 Å². The molecule has 0 aliphatic carbocycles. The van der Waals surface area contributed by atoms with Crippen molar-refractivity contribution in [1.29, 1.82) is 0 Å². The normalized spacial score (nSPS) is 15.4. The molecule has 1 aliphatic rings. The van der Waals surface area contributed by atoms with Crippen LogP contribution in [0.2, 0.25) is 5.15 Å². The van der Waals surface area contributed by atoms with Crippen molar-refractivity contribution in [1.82, 2.24) is 24.6 Å². The molecular formula is C16H22ClN5. The first-order valence-corrected chi connectivity index (χ1v) is 8.08. The van der Waals surface area contributed by atoms with Gasteiger partial charge in [-0.05, 0) is 6.92 Å². The summed E-state index contributed by atoms with van der Waals surface area (Å²) in [4.78, 5) is 11.6. The van der Waals surface area contributed by atoms with Gasteiger partial charge in [-0.2, -0.15) is 5.10 Å². The Hall–Kier alpha value is -1.46. The van der Waals surface area contributed by atoms with Crippen LogP contribution in [0.5, 0.6) is 0 Å². The molecule has 0 saturated heterocycles. The van der Waals surface area contributed by atoms with Crippen molar-refractivity contribution in [3.8, 4) is 0 Å². The number of rotatable bonds is 3. The Balaban J connectivity index is 1.77.